The van der Waals surface area contributed by atoms with Crippen molar-refractivity contribution in [3.63, 3.8) is 0 Å². The molecule has 0 bridgehead atoms. The predicted molar refractivity (Wildman–Crippen MR) is 78.1 cm³/mol. The highest BCUT2D eigenvalue weighted by Gasteiger charge is 2.17. The quantitative estimate of drug-likeness (QED) is 0.611. The maximum Gasteiger partial charge on any atom is 0.128 e. The van der Waals surface area contributed by atoms with E-state index in [9.17, 15) is 8.78 Å². The van der Waals surface area contributed by atoms with Crippen molar-refractivity contribution in [3.05, 3.63) is 69.2 Å². The van der Waals surface area contributed by atoms with Gasteiger partial charge in [-0.2, -0.15) is 0 Å². The standard InChI is InChI=1S/C15H12BrClF2/c1-8-5-10(3-4-12(8)17)15(16)11-7-13(18)9(2)6-14(11)19/h3-7,15H,1-2H3. The fraction of sp³-hybridized carbons (Fsp3) is 0.200. The minimum Gasteiger partial charge on any atom is -0.207 e. The van der Waals surface area contributed by atoms with Crippen molar-refractivity contribution >= 4 is 27.5 Å². The van der Waals surface area contributed by atoms with E-state index in [-0.39, 0.29) is 5.56 Å². The molecule has 0 saturated heterocycles. The van der Waals surface area contributed by atoms with Crippen molar-refractivity contribution in [1.82, 2.24) is 0 Å². The van der Waals surface area contributed by atoms with Crippen molar-refractivity contribution in [1.29, 1.82) is 0 Å². The smallest absolute Gasteiger partial charge is 0.128 e. The van der Waals surface area contributed by atoms with Crippen molar-refractivity contribution in [2.24, 2.45) is 0 Å². The van der Waals surface area contributed by atoms with E-state index in [1.165, 1.54) is 19.1 Å². The van der Waals surface area contributed by atoms with E-state index in [0.29, 0.717) is 10.6 Å². The summed E-state index contributed by atoms with van der Waals surface area (Å²) in [7, 11) is 0. The number of hydrogen-bond acceptors (Lipinski definition) is 0. The van der Waals surface area contributed by atoms with Gasteiger partial charge in [0, 0.05) is 10.6 Å². The molecule has 0 saturated carbocycles. The molecule has 0 radical (unpaired) electrons. The minimum atomic E-state index is -0.423. The predicted octanol–water partition coefficient (Wildman–Crippen LogP) is 5.72. The van der Waals surface area contributed by atoms with Crippen LogP contribution in [0.3, 0.4) is 0 Å². The second kappa shape index (κ2) is 5.59. The summed E-state index contributed by atoms with van der Waals surface area (Å²) in [6.45, 7) is 3.41. The molecular formula is C15H12BrClF2. The average molecular weight is 346 g/mol. The lowest BCUT2D eigenvalue weighted by Crippen LogP contribution is -2.00. The van der Waals surface area contributed by atoms with Gasteiger partial charge in [-0.25, -0.2) is 8.78 Å². The molecule has 1 unspecified atom stereocenters. The van der Waals surface area contributed by atoms with Crippen LogP contribution in [0, 0.1) is 25.5 Å². The molecule has 0 fully saturated rings. The Hall–Kier alpha value is -0.930. The van der Waals surface area contributed by atoms with Gasteiger partial charge in [-0.1, -0.05) is 39.7 Å². The molecule has 2 rings (SSSR count). The van der Waals surface area contributed by atoms with Gasteiger partial charge in [-0.05, 0) is 48.7 Å². The molecule has 1 atom stereocenters. The molecule has 19 heavy (non-hydrogen) atoms. The van der Waals surface area contributed by atoms with Crippen molar-refractivity contribution < 1.29 is 8.78 Å². The highest BCUT2D eigenvalue weighted by atomic mass is 79.9. The topological polar surface area (TPSA) is 0 Å². The maximum atomic E-state index is 13.9. The lowest BCUT2D eigenvalue weighted by Gasteiger charge is -2.14. The zero-order chi connectivity index (χ0) is 14.2. The molecule has 0 N–H and O–H groups in total. The summed E-state index contributed by atoms with van der Waals surface area (Å²) >= 11 is 9.37. The van der Waals surface area contributed by atoms with Crippen LogP contribution in [0.25, 0.3) is 0 Å². The zero-order valence-electron chi connectivity index (χ0n) is 10.5. The maximum absolute atomic E-state index is 13.9. The molecule has 4 heteroatoms. The van der Waals surface area contributed by atoms with Crippen LogP contribution in [0.2, 0.25) is 5.02 Å². The van der Waals surface area contributed by atoms with Gasteiger partial charge < -0.3 is 0 Å². The molecule has 2 aromatic rings. The summed E-state index contributed by atoms with van der Waals surface area (Å²) in [4.78, 5) is -0.404. The van der Waals surface area contributed by atoms with Crippen LogP contribution < -0.4 is 0 Å². The Morgan fingerprint density at radius 2 is 1.68 bits per heavy atom. The third-order valence-corrected chi connectivity index (χ3v) is 4.47. The van der Waals surface area contributed by atoms with E-state index in [1.54, 1.807) is 12.1 Å². The molecule has 0 amide bonds. The van der Waals surface area contributed by atoms with E-state index in [0.717, 1.165) is 11.1 Å². The van der Waals surface area contributed by atoms with Crippen molar-refractivity contribution in [2.75, 3.05) is 0 Å². The van der Waals surface area contributed by atoms with Gasteiger partial charge in [0.15, 0.2) is 0 Å². The number of halogens is 4. The zero-order valence-corrected chi connectivity index (χ0v) is 12.8. The summed E-state index contributed by atoms with van der Waals surface area (Å²) in [5, 5.41) is 0.652. The Bertz CT molecular complexity index is 626. The van der Waals surface area contributed by atoms with Crippen LogP contribution in [-0.2, 0) is 0 Å². The van der Waals surface area contributed by atoms with Gasteiger partial charge in [-0.3, -0.25) is 0 Å². The monoisotopic (exact) mass is 344 g/mol. The molecule has 100 valence electrons. The number of hydrogen-bond donors (Lipinski definition) is 0. The molecule has 0 nitrogen and oxygen atoms in total. The molecule has 0 spiro atoms. The first-order valence-corrected chi connectivity index (χ1v) is 7.05. The van der Waals surface area contributed by atoms with Gasteiger partial charge >= 0.3 is 0 Å². The normalized spacial score (nSPS) is 12.5. The highest BCUT2D eigenvalue weighted by molar-refractivity contribution is 9.09. The van der Waals surface area contributed by atoms with E-state index in [4.69, 9.17) is 11.6 Å². The van der Waals surface area contributed by atoms with Crippen LogP contribution >= 0.6 is 27.5 Å². The largest absolute Gasteiger partial charge is 0.207 e. The number of alkyl halides is 1. The second-order valence-electron chi connectivity index (χ2n) is 4.49. The van der Waals surface area contributed by atoms with E-state index >= 15 is 0 Å². The number of aryl methyl sites for hydroxylation is 2. The van der Waals surface area contributed by atoms with Crippen LogP contribution in [-0.4, -0.2) is 0 Å². The van der Waals surface area contributed by atoms with Gasteiger partial charge in [0.25, 0.3) is 0 Å². The average Bonchev–Trinajstić information content (AvgIpc) is 2.36. The first-order valence-electron chi connectivity index (χ1n) is 5.76. The first-order chi connectivity index (χ1) is 8.90. The fourth-order valence-corrected chi connectivity index (χ4v) is 2.61. The molecule has 0 aromatic heterocycles. The van der Waals surface area contributed by atoms with Crippen LogP contribution in [0.1, 0.15) is 27.1 Å². The van der Waals surface area contributed by atoms with Crippen LogP contribution in [0.5, 0.6) is 0 Å². The lowest BCUT2D eigenvalue weighted by molar-refractivity contribution is 0.581. The Kier molecular flexibility index (Phi) is 4.26. The van der Waals surface area contributed by atoms with E-state index in [1.807, 2.05) is 13.0 Å². The molecule has 0 aliphatic heterocycles. The van der Waals surface area contributed by atoms with Gasteiger partial charge in [-0.15, -0.1) is 0 Å². The third kappa shape index (κ3) is 2.98. The molecular weight excluding hydrogens is 334 g/mol. The third-order valence-electron chi connectivity index (χ3n) is 3.03. The molecule has 2 aromatic carbocycles. The summed E-state index contributed by atoms with van der Waals surface area (Å²) in [6, 6.07) is 7.85. The molecule has 0 heterocycles. The summed E-state index contributed by atoms with van der Waals surface area (Å²) in [5.41, 5.74) is 2.32. The second-order valence-corrected chi connectivity index (χ2v) is 5.82. The number of rotatable bonds is 2. The SMILES string of the molecule is Cc1cc(F)c(C(Br)c2ccc(Cl)c(C)c2)cc1F. The van der Waals surface area contributed by atoms with Gasteiger partial charge in [0.05, 0.1) is 4.83 Å². The Morgan fingerprint density at radius 3 is 2.32 bits per heavy atom. The molecule has 0 aliphatic carbocycles. The Balaban J connectivity index is 2.46. The van der Waals surface area contributed by atoms with Crippen molar-refractivity contribution in [2.45, 2.75) is 18.7 Å². The van der Waals surface area contributed by atoms with Crippen LogP contribution in [0.4, 0.5) is 8.78 Å². The Labute approximate surface area is 124 Å². The van der Waals surface area contributed by atoms with Crippen molar-refractivity contribution in [3.8, 4) is 0 Å². The first kappa shape index (κ1) is 14.5. The van der Waals surface area contributed by atoms with E-state index in [2.05, 4.69) is 15.9 Å². The lowest BCUT2D eigenvalue weighted by atomic mass is 10.0. The number of benzene rings is 2. The summed E-state index contributed by atoms with van der Waals surface area (Å²) in [5.74, 6) is -0.833. The highest BCUT2D eigenvalue weighted by Crippen LogP contribution is 2.34. The van der Waals surface area contributed by atoms with Gasteiger partial charge in [0.1, 0.15) is 11.6 Å². The fourth-order valence-electron chi connectivity index (χ4n) is 1.86. The summed E-state index contributed by atoms with van der Waals surface area (Å²) in [6.07, 6.45) is 0. The van der Waals surface area contributed by atoms with Gasteiger partial charge in [0.2, 0.25) is 0 Å². The summed E-state index contributed by atoms with van der Waals surface area (Å²) < 4.78 is 27.5. The molecule has 0 aliphatic rings. The van der Waals surface area contributed by atoms with Crippen LogP contribution in [0.15, 0.2) is 30.3 Å². The van der Waals surface area contributed by atoms with E-state index < -0.39 is 16.5 Å². The minimum absolute atomic E-state index is 0.282. The Morgan fingerprint density at radius 1 is 1.00 bits per heavy atom.